The van der Waals surface area contributed by atoms with Gasteiger partial charge < -0.3 is 31.5 Å². The van der Waals surface area contributed by atoms with Gasteiger partial charge in [0.2, 0.25) is 0 Å². The molecule has 4 aliphatic rings. The van der Waals surface area contributed by atoms with Crippen LogP contribution in [0.25, 0.3) is 20.4 Å². The number of hydrogen-bond acceptors (Lipinski definition) is 12. The number of amides is 4. The van der Waals surface area contributed by atoms with Crippen LogP contribution in [0.15, 0.2) is 83.6 Å². The number of nitrogens with zero attached hydrogens (tertiary/aromatic N) is 8. The van der Waals surface area contributed by atoms with E-state index >= 15 is 0 Å². The summed E-state index contributed by atoms with van der Waals surface area (Å²) in [6.07, 6.45) is 1.98. The van der Waals surface area contributed by atoms with Crippen molar-refractivity contribution in [3.05, 3.63) is 134 Å². The summed E-state index contributed by atoms with van der Waals surface area (Å²) in [5.41, 5.74) is 11.3. The number of nitrogen functional groups attached to an aromatic ring is 1. The van der Waals surface area contributed by atoms with Crippen molar-refractivity contribution in [3.63, 3.8) is 0 Å². The maximum Gasteiger partial charge on any atom is 0.318 e. The Morgan fingerprint density at radius 1 is 0.667 bits per heavy atom. The lowest BCUT2D eigenvalue weighted by Gasteiger charge is -2.32. The predicted octanol–water partition coefficient (Wildman–Crippen LogP) is 10.8. The molecule has 358 valence electrons. The first-order valence-corrected chi connectivity index (χ1v) is 25.3. The van der Waals surface area contributed by atoms with Gasteiger partial charge in [0.1, 0.15) is 32.3 Å². The van der Waals surface area contributed by atoms with E-state index in [0.29, 0.717) is 47.5 Å². The highest BCUT2D eigenvalue weighted by molar-refractivity contribution is 7.17. The van der Waals surface area contributed by atoms with Gasteiger partial charge in [0, 0.05) is 40.4 Å². The minimum Gasteiger partial charge on any atom is -0.382 e. The predicted molar refractivity (Wildman–Crippen MR) is 275 cm³/mol. The number of nitrogens with two attached hydrogens (primary N) is 1. The Kier molecular flexibility index (Phi) is 13.1. The van der Waals surface area contributed by atoms with Crippen molar-refractivity contribution in [1.82, 2.24) is 60.8 Å². The van der Waals surface area contributed by atoms with E-state index in [1.165, 1.54) is 11.1 Å². The summed E-state index contributed by atoms with van der Waals surface area (Å²) >= 11 is 9.03. The van der Waals surface area contributed by atoms with Crippen LogP contribution in [0.3, 0.4) is 0 Å². The van der Waals surface area contributed by atoms with Crippen LogP contribution in [0.5, 0.6) is 0 Å². The van der Waals surface area contributed by atoms with E-state index in [4.69, 9.17) is 17.3 Å². The number of carbonyl (C=O) groups is 2. The van der Waals surface area contributed by atoms with Gasteiger partial charge in [0.25, 0.3) is 0 Å². The van der Waals surface area contributed by atoms with Crippen LogP contribution < -0.4 is 21.7 Å². The lowest BCUT2D eigenvalue weighted by Crippen LogP contribution is -2.47. The summed E-state index contributed by atoms with van der Waals surface area (Å²) in [4.78, 5) is 48.9. The molecule has 2 aliphatic heterocycles. The van der Waals surface area contributed by atoms with E-state index in [9.17, 15) is 9.59 Å². The van der Waals surface area contributed by atoms with Gasteiger partial charge in [-0.25, -0.2) is 29.5 Å². The molecule has 4 atom stereocenters. The first-order chi connectivity index (χ1) is 33.2. The smallest absolute Gasteiger partial charge is 0.318 e. The Hall–Kier alpha value is -6.63. The molecule has 8 aromatic rings. The van der Waals surface area contributed by atoms with Crippen LogP contribution in [0, 0.1) is 13.8 Å². The number of carbonyl (C=O) groups excluding carboxylic acids is 2. The Morgan fingerprint density at radius 3 is 1.70 bits per heavy atom. The van der Waals surface area contributed by atoms with Crippen molar-refractivity contribution in [3.8, 4) is 0 Å². The Bertz CT molecular complexity index is 3130. The van der Waals surface area contributed by atoms with Crippen molar-refractivity contribution in [2.75, 3.05) is 11.1 Å². The molecule has 0 bridgehead atoms. The number of nitrogens with one attached hydrogen (secondary N) is 5. The molecule has 2 aromatic carbocycles. The van der Waals surface area contributed by atoms with Gasteiger partial charge >= 0.3 is 12.1 Å². The largest absolute Gasteiger partial charge is 0.382 e. The van der Waals surface area contributed by atoms with E-state index in [-0.39, 0.29) is 24.1 Å². The molecule has 19 heteroatoms. The van der Waals surface area contributed by atoms with Crippen molar-refractivity contribution >= 4 is 84.2 Å². The van der Waals surface area contributed by atoms with Gasteiger partial charge in [-0.05, 0) is 88.4 Å². The van der Waals surface area contributed by atoms with Gasteiger partial charge in [0.15, 0.2) is 11.6 Å². The Morgan fingerprint density at radius 2 is 1.14 bits per heavy atom. The second-order valence-electron chi connectivity index (χ2n) is 18.4. The number of anilines is 3. The minimum absolute atomic E-state index is 0.0394. The van der Waals surface area contributed by atoms with Crippen LogP contribution in [0.2, 0.25) is 5.15 Å². The van der Waals surface area contributed by atoms with Crippen LogP contribution in [-0.2, 0) is 24.2 Å². The lowest BCUT2D eigenvalue weighted by molar-refractivity contribution is 0.141. The molecule has 12 rings (SSSR count). The summed E-state index contributed by atoms with van der Waals surface area (Å²) < 4.78 is 0. The number of halogens is 1. The van der Waals surface area contributed by atoms with Gasteiger partial charge in [0.05, 0.1) is 40.9 Å². The van der Waals surface area contributed by atoms with E-state index in [0.717, 1.165) is 67.4 Å². The van der Waals surface area contributed by atoms with E-state index in [2.05, 4.69) is 80.5 Å². The van der Waals surface area contributed by atoms with E-state index in [1.54, 1.807) is 22.7 Å². The fraction of sp³-hybridized carbons (Fsp3) is 0.360. The third-order valence-corrected chi connectivity index (χ3v) is 15.1. The molecule has 0 saturated heterocycles. The van der Waals surface area contributed by atoms with Crippen molar-refractivity contribution in [2.45, 2.75) is 116 Å². The zero-order valence-electron chi connectivity index (χ0n) is 39.9. The quantitative estimate of drug-likeness (QED) is 0.0868. The van der Waals surface area contributed by atoms with Crippen molar-refractivity contribution in [2.24, 2.45) is 0 Å². The molecule has 0 radical (unpaired) electrons. The first kappa shape index (κ1) is 47.4. The van der Waals surface area contributed by atoms with E-state index < -0.39 is 11.1 Å². The van der Waals surface area contributed by atoms with Crippen LogP contribution in [-0.4, -0.2) is 74.3 Å². The monoisotopic (exact) mass is 984 g/mol. The number of aromatic amines is 2. The van der Waals surface area contributed by atoms with Crippen LogP contribution in [0.4, 0.5) is 27.0 Å². The average molecular weight is 986 g/mol. The molecule has 8 heterocycles. The number of rotatable bonds is 6. The zero-order chi connectivity index (χ0) is 48.8. The van der Waals surface area contributed by atoms with Crippen LogP contribution in [0.1, 0.15) is 112 Å². The minimum atomic E-state index is -0.497. The number of benzene rings is 2. The molecule has 0 spiro atoms. The molecular weight excluding hydrogens is 928 g/mol. The van der Waals surface area contributed by atoms with Gasteiger partial charge in [-0.1, -0.05) is 86.1 Å². The molecule has 2 saturated carbocycles. The van der Waals surface area contributed by atoms with Crippen molar-refractivity contribution < 1.29 is 9.59 Å². The highest BCUT2D eigenvalue weighted by Gasteiger charge is 2.48. The van der Waals surface area contributed by atoms with Gasteiger partial charge in [-0.15, -0.1) is 22.7 Å². The highest BCUT2D eigenvalue weighted by atomic mass is 35.5. The second-order valence-corrected chi connectivity index (χ2v) is 20.5. The fourth-order valence-electron chi connectivity index (χ4n) is 9.21. The standard InChI is InChI=1S/C24H25N7OS.C17H21N5O.C7H5ClN2S.C2H6/c1-13-25-20(15-9-10-33-22(15)26-13)28-21-17-12-31(24(2,3)19(17)29-30-21)23(32)27-18-11-16(18)14-7-5-4-6-8-14;1-17(2)14-12(15(18)21-20-14)9-22(17)16(23)19-13-8-11(13)10-6-4-3-5-7-10;1-4-9-6(8)5-2-3-11-7(5)10-4;1-2/h4-10,16,18H,11-12H2,1-3H3,(H,27,32)(H2,25,26,28,29,30);3-7,11,13H,8-9H2,1-2H3,(H,19,23)(H3,18,20,21);2-3H,1H3;1-2H3/t16-,18+;11-,13?;;/m01../s1. The van der Waals surface area contributed by atoms with Crippen molar-refractivity contribution in [1.29, 1.82) is 0 Å². The molecule has 2 fully saturated rings. The molecule has 69 heavy (non-hydrogen) atoms. The van der Waals surface area contributed by atoms with Gasteiger partial charge in [-0.3, -0.25) is 10.2 Å². The summed E-state index contributed by atoms with van der Waals surface area (Å²) in [7, 11) is 0. The third-order valence-electron chi connectivity index (χ3n) is 13.2. The number of H-pyrrole nitrogens is 2. The summed E-state index contributed by atoms with van der Waals surface area (Å²) in [5.74, 6) is 4.17. The number of hydrogen-bond donors (Lipinski definition) is 6. The average Bonchev–Trinajstić information content (AvgIpc) is 3.73. The second kappa shape index (κ2) is 19.0. The highest BCUT2D eigenvalue weighted by Crippen LogP contribution is 2.45. The topological polar surface area (TPSA) is 212 Å². The maximum absolute atomic E-state index is 13.2. The molecule has 1 unspecified atom stereocenters. The maximum atomic E-state index is 13.2. The number of thiophene rings is 2. The Balaban J connectivity index is 0.000000142. The third kappa shape index (κ3) is 9.44. The summed E-state index contributed by atoms with van der Waals surface area (Å²) in [6, 6.07) is 25.0. The first-order valence-electron chi connectivity index (χ1n) is 23.2. The van der Waals surface area contributed by atoms with Gasteiger partial charge in [-0.2, -0.15) is 10.2 Å². The number of urea groups is 2. The number of fused-ring (bicyclic) bond motifs is 4. The van der Waals surface area contributed by atoms with Crippen LogP contribution >= 0.6 is 34.3 Å². The fourth-order valence-corrected chi connectivity index (χ4v) is 11.2. The number of aromatic nitrogens is 8. The van der Waals surface area contributed by atoms with E-state index in [1.807, 2.05) is 124 Å². The number of aryl methyl sites for hydroxylation is 2. The molecule has 7 N–H and O–H groups in total. The Labute approximate surface area is 413 Å². The molecule has 16 nitrogen and oxygen atoms in total. The molecule has 4 amide bonds. The zero-order valence-corrected chi connectivity index (χ0v) is 42.3. The normalized spacial score (nSPS) is 19.8. The lowest BCUT2D eigenvalue weighted by atomic mass is 10.0. The molecule has 6 aromatic heterocycles. The summed E-state index contributed by atoms with van der Waals surface area (Å²) in [6.45, 7) is 16.8. The molecular formula is C50H57ClN14O2S2. The SMILES string of the molecule is CC.CC1(C)c2[nH]nc(N)c2CN1C(=O)NC1C[C@@H]1c1ccccc1.Cc1nc(Cl)c2ccsc2n1.Cc1nc(Nc2n[nH]c3c2CN(C(=O)N[C@@H]2C[C@H]2c2ccccc2)C3(C)C)c2ccsc2n1. The summed E-state index contributed by atoms with van der Waals surface area (Å²) in [5, 5.41) is 30.9. The molecule has 2 aliphatic carbocycles.